The third-order valence-electron chi connectivity index (χ3n) is 7.48. The van der Waals surface area contributed by atoms with Gasteiger partial charge in [0, 0.05) is 6.42 Å². The number of carbonyl (C=O) groups is 3. The van der Waals surface area contributed by atoms with Crippen LogP contribution in [0.1, 0.15) is 56.6 Å². The Hall–Kier alpha value is -3.59. The summed E-state index contributed by atoms with van der Waals surface area (Å²) in [4.78, 5) is 37.6. The summed E-state index contributed by atoms with van der Waals surface area (Å²) < 4.78 is 10.3. The first-order chi connectivity index (χ1) is 18.1. The monoisotopic (exact) mass is 526 g/mol. The molecule has 2 atom stereocenters. The molecule has 0 aliphatic heterocycles. The van der Waals surface area contributed by atoms with Crippen LogP contribution < -0.4 is 15.4 Å². The van der Waals surface area contributed by atoms with Crippen LogP contribution in [0.25, 0.3) is 0 Å². The van der Waals surface area contributed by atoms with E-state index in [1.54, 1.807) is 13.0 Å². The second kappa shape index (κ2) is 12.8. The number of benzene rings is 2. The van der Waals surface area contributed by atoms with E-state index in [0.29, 0.717) is 18.7 Å². The number of esters is 1. The maximum Gasteiger partial charge on any atom is 0.331 e. The van der Waals surface area contributed by atoms with Gasteiger partial charge in [-0.15, -0.1) is 0 Å². The Balaban J connectivity index is 1.74. The van der Waals surface area contributed by atoms with Crippen molar-refractivity contribution < 1.29 is 34.1 Å². The number of hydrogen-bond donors (Lipinski definition) is 4. The zero-order chi connectivity index (χ0) is 27.8. The number of phenols is 1. The molecule has 2 aromatic carbocycles. The van der Waals surface area contributed by atoms with Crippen LogP contribution in [-0.2, 0) is 31.0 Å². The summed E-state index contributed by atoms with van der Waals surface area (Å²) in [5.41, 5.74) is 0.329. The van der Waals surface area contributed by atoms with Crippen molar-refractivity contribution in [1.29, 1.82) is 0 Å². The van der Waals surface area contributed by atoms with Crippen LogP contribution in [0.15, 0.2) is 48.5 Å². The van der Waals surface area contributed by atoms with Crippen LogP contribution in [-0.4, -0.2) is 60.4 Å². The minimum atomic E-state index is -1.37. The molecule has 0 spiro atoms. The fourth-order valence-electron chi connectivity index (χ4n) is 5.42. The lowest BCUT2D eigenvalue weighted by atomic mass is 9.76. The molecule has 0 saturated heterocycles. The minimum Gasteiger partial charge on any atom is -0.504 e. The van der Waals surface area contributed by atoms with Crippen LogP contribution in [0.4, 0.5) is 0 Å². The largest absolute Gasteiger partial charge is 0.504 e. The van der Waals surface area contributed by atoms with E-state index in [-0.39, 0.29) is 17.6 Å². The third kappa shape index (κ3) is 7.04. The van der Waals surface area contributed by atoms with E-state index >= 15 is 0 Å². The van der Waals surface area contributed by atoms with Gasteiger partial charge in [-0.1, -0.05) is 49.2 Å². The average molecular weight is 527 g/mol. The number of hydrogen-bond acceptors (Lipinski definition) is 7. The molecule has 4 N–H and O–H groups in total. The van der Waals surface area contributed by atoms with E-state index in [9.17, 15) is 24.6 Å². The quantitative estimate of drug-likeness (QED) is 0.292. The smallest absolute Gasteiger partial charge is 0.331 e. The molecule has 9 heteroatoms. The molecule has 38 heavy (non-hydrogen) atoms. The molecule has 2 aromatic rings. The predicted molar refractivity (Wildman–Crippen MR) is 142 cm³/mol. The molecule has 1 fully saturated rings. The summed E-state index contributed by atoms with van der Waals surface area (Å²) in [7, 11) is 2.76. The summed E-state index contributed by atoms with van der Waals surface area (Å²) in [5, 5.41) is 25.4. The van der Waals surface area contributed by atoms with Crippen LogP contribution >= 0.6 is 0 Å². The first kappa shape index (κ1) is 29.0. The number of aromatic hydroxyl groups is 1. The number of ether oxygens (including phenoxy) is 2. The lowest BCUT2D eigenvalue weighted by Crippen LogP contribution is -2.59. The minimum absolute atomic E-state index is 0.0740. The Labute approximate surface area is 223 Å². The Morgan fingerprint density at radius 1 is 1.08 bits per heavy atom. The zero-order valence-electron chi connectivity index (χ0n) is 22.3. The first-order valence-corrected chi connectivity index (χ1v) is 12.9. The molecule has 0 radical (unpaired) electrons. The highest BCUT2D eigenvalue weighted by molar-refractivity contribution is 5.92. The summed E-state index contributed by atoms with van der Waals surface area (Å²) in [6.07, 6.45) is 4.42. The maximum atomic E-state index is 13.3. The van der Waals surface area contributed by atoms with Crippen LogP contribution in [0.2, 0.25) is 0 Å². The topological polar surface area (TPSA) is 134 Å². The van der Waals surface area contributed by atoms with Gasteiger partial charge in [0.15, 0.2) is 11.5 Å². The van der Waals surface area contributed by atoms with Crippen LogP contribution in [0.5, 0.6) is 11.5 Å². The van der Waals surface area contributed by atoms with E-state index in [1.165, 1.54) is 14.2 Å². The van der Waals surface area contributed by atoms with Crippen molar-refractivity contribution in [2.24, 2.45) is 0 Å². The summed E-state index contributed by atoms with van der Waals surface area (Å²) in [6.45, 7) is 1.97. The highest BCUT2D eigenvalue weighted by Crippen LogP contribution is 2.45. The van der Waals surface area contributed by atoms with Crippen molar-refractivity contribution >= 4 is 17.8 Å². The van der Waals surface area contributed by atoms with Crippen LogP contribution in [0.3, 0.4) is 0 Å². The van der Waals surface area contributed by atoms with Gasteiger partial charge in [0.2, 0.25) is 5.91 Å². The molecule has 1 aliphatic rings. The van der Waals surface area contributed by atoms with Crippen molar-refractivity contribution in [3.05, 3.63) is 59.7 Å². The normalized spacial score (nSPS) is 16.7. The van der Waals surface area contributed by atoms with Crippen molar-refractivity contribution in [2.45, 2.75) is 68.9 Å². The number of carbonyl (C=O) groups excluding carboxylic acids is 2. The second-order valence-electron chi connectivity index (χ2n) is 10.2. The molecule has 0 bridgehead atoms. The molecule has 0 aromatic heterocycles. The Morgan fingerprint density at radius 2 is 1.76 bits per heavy atom. The first-order valence-electron chi connectivity index (χ1n) is 12.9. The van der Waals surface area contributed by atoms with Gasteiger partial charge in [-0.05, 0) is 61.4 Å². The van der Waals surface area contributed by atoms with Gasteiger partial charge in [0.05, 0.1) is 26.7 Å². The highest BCUT2D eigenvalue weighted by Gasteiger charge is 2.39. The predicted octanol–water partition coefficient (Wildman–Crippen LogP) is 3.33. The third-order valence-corrected chi connectivity index (χ3v) is 7.48. The Kier molecular flexibility index (Phi) is 9.74. The maximum absolute atomic E-state index is 13.3. The van der Waals surface area contributed by atoms with Gasteiger partial charge >= 0.3 is 11.9 Å². The lowest BCUT2D eigenvalue weighted by molar-refractivity contribution is -0.150. The van der Waals surface area contributed by atoms with E-state index in [0.717, 1.165) is 36.8 Å². The number of aliphatic carboxylic acids is 1. The average Bonchev–Trinajstić information content (AvgIpc) is 3.38. The number of nitrogens with one attached hydrogen (secondary N) is 2. The van der Waals surface area contributed by atoms with Gasteiger partial charge < -0.3 is 30.3 Å². The number of carboxylic acids is 1. The molecule has 3 rings (SSSR count). The van der Waals surface area contributed by atoms with E-state index in [4.69, 9.17) is 9.47 Å². The van der Waals surface area contributed by atoms with Gasteiger partial charge in [-0.3, -0.25) is 9.59 Å². The van der Waals surface area contributed by atoms with Gasteiger partial charge in [-0.25, -0.2) is 4.79 Å². The van der Waals surface area contributed by atoms with Crippen molar-refractivity contribution in [1.82, 2.24) is 10.6 Å². The molecule has 1 amide bonds. The van der Waals surface area contributed by atoms with Crippen molar-refractivity contribution in [3.63, 3.8) is 0 Å². The van der Waals surface area contributed by atoms with E-state index in [2.05, 4.69) is 10.6 Å². The number of phenolic OH excluding ortho intramolecular Hbond substituents is 1. The van der Waals surface area contributed by atoms with E-state index < -0.39 is 35.8 Å². The highest BCUT2D eigenvalue weighted by atomic mass is 16.5. The number of amides is 1. The van der Waals surface area contributed by atoms with Gasteiger partial charge in [0.1, 0.15) is 5.54 Å². The Morgan fingerprint density at radius 3 is 2.37 bits per heavy atom. The SMILES string of the molecule is COC(=O)[C@](C)(Cc1ccccc1)NC(=O)[C@H](CC(=O)O)NCCC1(c2ccc(O)c(OC)c2)CCCC1. The molecule has 1 saturated carbocycles. The van der Waals surface area contributed by atoms with Gasteiger partial charge in [0.25, 0.3) is 0 Å². The Bertz CT molecular complexity index is 1120. The summed E-state index contributed by atoms with van der Waals surface area (Å²) >= 11 is 0. The fourth-order valence-corrected chi connectivity index (χ4v) is 5.42. The summed E-state index contributed by atoms with van der Waals surface area (Å²) in [5.74, 6) is -1.84. The molecular weight excluding hydrogens is 488 g/mol. The second-order valence-corrected chi connectivity index (χ2v) is 10.2. The molecular formula is C29H38N2O7. The lowest BCUT2D eigenvalue weighted by Gasteiger charge is -2.32. The molecule has 0 unspecified atom stereocenters. The van der Waals surface area contributed by atoms with Crippen LogP contribution in [0, 0.1) is 0 Å². The number of methoxy groups -OCH3 is 2. The number of carboxylic acid groups (broad SMARTS) is 1. The standard InChI is InChI=1S/C29H38N2O7/c1-28(27(36)38-3,19-20-9-5-4-6-10-20)31-26(35)22(18-25(33)34)30-16-15-29(13-7-8-14-29)21-11-12-23(32)24(17-21)37-2/h4-6,9-12,17,22,30,32H,7-8,13-16,18-19H2,1-3H3,(H,31,35)(H,33,34)/t22-,28-/m0/s1. The fraction of sp³-hybridized carbons (Fsp3) is 0.483. The number of rotatable bonds is 13. The molecule has 0 heterocycles. The molecule has 206 valence electrons. The molecule has 9 nitrogen and oxygen atoms in total. The summed E-state index contributed by atoms with van der Waals surface area (Å²) in [6, 6.07) is 13.6. The van der Waals surface area contributed by atoms with Crippen molar-refractivity contribution in [2.75, 3.05) is 20.8 Å². The van der Waals surface area contributed by atoms with E-state index in [1.807, 2.05) is 42.5 Å². The zero-order valence-corrected chi connectivity index (χ0v) is 22.3. The van der Waals surface area contributed by atoms with Gasteiger partial charge in [-0.2, -0.15) is 0 Å². The van der Waals surface area contributed by atoms with Crippen molar-refractivity contribution in [3.8, 4) is 11.5 Å². The molecule has 1 aliphatic carbocycles.